The number of halogens is 1. The second-order valence-corrected chi connectivity index (χ2v) is 11.2. The maximum absolute atomic E-state index is 12.7. The molecule has 0 radical (unpaired) electrons. The molecule has 2 heterocycles. The lowest BCUT2D eigenvalue weighted by atomic mass is 9.86. The summed E-state index contributed by atoms with van der Waals surface area (Å²) in [6.45, 7) is 6.06. The van der Waals surface area contributed by atoms with Gasteiger partial charge in [-0.2, -0.15) is 5.26 Å². The van der Waals surface area contributed by atoms with Gasteiger partial charge in [-0.3, -0.25) is 4.79 Å². The Hall–Kier alpha value is -2.54. The highest BCUT2D eigenvalue weighted by atomic mass is 35.5. The third kappa shape index (κ3) is 5.66. The van der Waals surface area contributed by atoms with Gasteiger partial charge in [0.1, 0.15) is 16.8 Å². The number of thiophene rings is 1. The van der Waals surface area contributed by atoms with Crippen molar-refractivity contribution in [2.45, 2.75) is 57.7 Å². The first kappa shape index (κ1) is 25.5. The molecule has 184 valence electrons. The number of nitrogens with zero attached hydrogens (tertiary/aromatic N) is 4. The van der Waals surface area contributed by atoms with Crippen molar-refractivity contribution in [1.82, 2.24) is 14.8 Å². The molecular weight excluding hydrogens is 502 g/mol. The minimum absolute atomic E-state index is 0.163. The molecule has 10 heteroatoms. The average molecular weight is 530 g/mol. The number of anilines is 1. The number of benzene rings is 1. The van der Waals surface area contributed by atoms with E-state index >= 15 is 0 Å². The number of aryl methyl sites for hydroxylation is 1. The van der Waals surface area contributed by atoms with Crippen molar-refractivity contribution in [3.8, 4) is 11.8 Å². The number of aromatic nitrogens is 3. The van der Waals surface area contributed by atoms with Crippen molar-refractivity contribution in [3.63, 3.8) is 0 Å². The van der Waals surface area contributed by atoms with Crippen LogP contribution in [-0.4, -0.2) is 26.4 Å². The third-order valence-electron chi connectivity index (χ3n) is 6.26. The molecule has 7 nitrogen and oxygen atoms in total. The molecule has 0 fully saturated rings. The summed E-state index contributed by atoms with van der Waals surface area (Å²) in [7, 11) is 1.85. The first-order valence-electron chi connectivity index (χ1n) is 11.6. The van der Waals surface area contributed by atoms with Gasteiger partial charge in [-0.1, -0.05) is 42.8 Å². The number of carbonyl (C=O) groups is 1. The molecule has 35 heavy (non-hydrogen) atoms. The van der Waals surface area contributed by atoms with Crippen LogP contribution >= 0.6 is 34.7 Å². The summed E-state index contributed by atoms with van der Waals surface area (Å²) in [5, 5.41) is 23.0. The molecule has 2 atom stereocenters. The molecule has 1 amide bonds. The summed E-state index contributed by atoms with van der Waals surface area (Å²) in [6.07, 6.45) is 3.76. The van der Waals surface area contributed by atoms with Crippen LogP contribution in [0.4, 0.5) is 5.00 Å². The number of carbonyl (C=O) groups excluding carboxylic acids is 1. The number of nitriles is 1. The zero-order chi connectivity index (χ0) is 25.1. The summed E-state index contributed by atoms with van der Waals surface area (Å²) in [6, 6.07) is 7.92. The zero-order valence-electron chi connectivity index (χ0n) is 20.2. The lowest BCUT2D eigenvalue weighted by molar-refractivity contribution is -0.113. The Kier molecular flexibility index (Phi) is 8.05. The van der Waals surface area contributed by atoms with E-state index in [0.717, 1.165) is 36.8 Å². The van der Waals surface area contributed by atoms with E-state index in [4.69, 9.17) is 16.3 Å². The van der Waals surface area contributed by atoms with Gasteiger partial charge >= 0.3 is 0 Å². The number of hydrogen-bond donors (Lipinski definition) is 1. The lowest BCUT2D eigenvalue weighted by Gasteiger charge is -2.20. The molecule has 4 rings (SSSR count). The van der Waals surface area contributed by atoms with E-state index < -0.39 is 0 Å². The Morgan fingerprint density at radius 3 is 3.00 bits per heavy atom. The maximum atomic E-state index is 12.7. The summed E-state index contributed by atoms with van der Waals surface area (Å²) in [5.74, 6) is 1.88. The SMILES string of the molecule is CCC1CCc2c(sc(NC(=O)CSc3nnc(C(C)Oc4cc(C)ccc4Cl)n3C)c2C#N)C1. The number of hydrogen-bond acceptors (Lipinski definition) is 7. The molecule has 0 bridgehead atoms. The molecule has 0 spiro atoms. The predicted octanol–water partition coefficient (Wildman–Crippen LogP) is 6.10. The van der Waals surface area contributed by atoms with Crippen LogP contribution in [0.1, 0.15) is 60.2 Å². The van der Waals surface area contributed by atoms with Crippen LogP contribution in [0.3, 0.4) is 0 Å². The van der Waals surface area contributed by atoms with Crippen LogP contribution < -0.4 is 10.1 Å². The van der Waals surface area contributed by atoms with Gasteiger partial charge in [0, 0.05) is 11.9 Å². The Balaban J connectivity index is 1.38. The zero-order valence-corrected chi connectivity index (χ0v) is 22.6. The van der Waals surface area contributed by atoms with Gasteiger partial charge in [0.2, 0.25) is 5.91 Å². The quantitative estimate of drug-likeness (QED) is 0.354. The summed E-state index contributed by atoms with van der Waals surface area (Å²) in [5.41, 5.74) is 2.79. The number of amides is 1. The van der Waals surface area contributed by atoms with Crippen LogP contribution in [0, 0.1) is 24.2 Å². The Morgan fingerprint density at radius 2 is 2.26 bits per heavy atom. The second kappa shape index (κ2) is 11.0. The highest BCUT2D eigenvalue weighted by Gasteiger charge is 2.26. The molecule has 1 N–H and O–H groups in total. The minimum atomic E-state index is -0.377. The van der Waals surface area contributed by atoms with Gasteiger partial charge in [-0.15, -0.1) is 21.5 Å². The van der Waals surface area contributed by atoms with Gasteiger partial charge in [0.15, 0.2) is 17.1 Å². The maximum Gasteiger partial charge on any atom is 0.235 e. The molecule has 2 aromatic heterocycles. The van der Waals surface area contributed by atoms with E-state index in [2.05, 4.69) is 28.5 Å². The van der Waals surface area contributed by atoms with E-state index in [-0.39, 0.29) is 17.8 Å². The molecule has 0 saturated carbocycles. The fraction of sp³-hybridized carbons (Fsp3) is 0.440. The van der Waals surface area contributed by atoms with E-state index in [9.17, 15) is 10.1 Å². The lowest BCUT2D eigenvalue weighted by Crippen LogP contribution is -2.15. The first-order valence-corrected chi connectivity index (χ1v) is 13.8. The molecule has 2 unspecified atom stereocenters. The van der Waals surface area contributed by atoms with Gasteiger partial charge in [-0.25, -0.2) is 0 Å². The van der Waals surface area contributed by atoms with Crippen LogP contribution in [0.2, 0.25) is 5.02 Å². The Labute approximate surface area is 218 Å². The Bertz CT molecular complexity index is 1280. The molecule has 1 aromatic carbocycles. The molecule has 3 aromatic rings. The van der Waals surface area contributed by atoms with Crippen LogP contribution in [0.15, 0.2) is 23.4 Å². The van der Waals surface area contributed by atoms with Crippen molar-refractivity contribution in [2.24, 2.45) is 13.0 Å². The van der Waals surface area contributed by atoms with Gasteiger partial charge in [0.05, 0.1) is 16.3 Å². The number of thioether (sulfide) groups is 1. The molecule has 0 saturated heterocycles. The van der Waals surface area contributed by atoms with E-state index in [1.165, 1.54) is 16.6 Å². The van der Waals surface area contributed by atoms with E-state index in [1.54, 1.807) is 17.4 Å². The highest BCUT2D eigenvalue weighted by Crippen LogP contribution is 2.40. The molecular formula is C25H28ClN5O2S2. The van der Waals surface area contributed by atoms with Crippen LogP contribution in [0.5, 0.6) is 5.75 Å². The third-order valence-corrected chi connectivity index (χ3v) is 8.77. The molecule has 0 aliphatic heterocycles. The average Bonchev–Trinajstić information content (AvgIpc) is 3.38. The van der Waals surface area contributed by atoms with Crippen molar-refractivity contribution in [1.29, 1.82) is 5.26 Å². The standard InChI is InChI=1S/C25H28ClN5O2S2/c1-5-16-7-8-17-18(12-27)24(35-21(17)11-16)28-22(32)13-34-25-30-29-23(31(25)4)15(3)33-20-10-14(2)6-9-19(20)26/h6,9-10,15-16H,5,7-8,11,13H2,1-4H3,(H,28,32). The van der Waals surface area contributed by atoms with Crippen molar-refractivity contribution in [3.05, 3.63) is 50.6 Å². The van der Waals surface area contributed by atoms with Crippen LogP contribution in [0.25, 0.3) is 0 Å². The van der Waals surface area contributed by atoms with Crippen molar-refractivity contribution >= 4 is 45.6 Å². The molecule has 1 aliphatic carbocycles. The minimum Gasteiger partial charge on any atom is -0.481 e. The van der Waals surface area contributed by atoms with Crippen molar-refractivity contribution in [2.75, 3.05) is 11.1 Å². The number of fused-ring (bicyclic) bond motifs is 1. The van der Waals surface area contributed by atoms with Gasteiger partial charge < -0.3 is 14.6 Å². The predicted molar refractivity (Wildman–Crippen MR) is 140 cm³/mol. The highest BCUT2D eigenvalue weighted by molar-refractivity contribution is 7.99. The summed E-state index contributed by atoms with van der Waals surface area (Å²) >= 11 is 9.10. The van der Waals surface area contributed by atoms with E-state index in [1.807, 2.05) is 37.6 Å². The smallest absolute Gasteiger partial charge is 0.235 e. The number of nitrogens with one attached hydrogen (secondary N) is 1. The second-order valence-electron chi connectivity index (χ2n) is 8.77. The fourth-order valence-corrected chi connectivity index (χ4v) is 6.46. The van der Waals surface area contributed by atoms with Crippen molar-refractivity contribution < 1.29 is 9.53 Å². The number of rotatable bonds is 8. The largest absolute Gasteiger partial charge is 0.481 e. The topological polar surface area (TPSA) is 92.8 Å². The van der Waals surface area contributed by atoms with Gasteiger partial charge in [0.25, 0.3) is 0 Å². The summed E-state index contributed by atoms with van der Waals surface area (Å²) < 4.78 is 7.84. The first-order chi connectivity index (χ1) is 16.8. The number of ether oxygens (including phenoxy) is 1. The molecule has 1 aliphatic rings. The van der Waals surface area contributed by atoms with Crippen LogP contribution in [-0.2, 0) is 24.7 Å². The fourth-order valence-electron chi connectivity index (χ4n) is 4.25. The van der Waals surface area contributed by atoms with E-state index in [0.29, 0.717) is 38.2 Å². The summed E-state index contributed by atoms with van der Waals surface area (Å²) in [4.78, 5) is 14.0. The monoisotopic (exact) mass is 529 g/mol. The normalized spacial score (nSPS) is 15.8. The Morgan fingerprint density at radius 1 is 1.46 bits per heavy atom. The van der Waals surface area contributed by atoms with Gasteiger partial charge in [-0.05, 0) is 62.3 Å².